The van der Waals surface area contributed by atoms with Crippen molar-refractivity contribution >= 4 is 11.6 Å². The van der Waals surface area contributed by atoms with Gasteiger partial charge in [-0.3, -0.25) is 0 Å². The zero-order valence-electron chi connectivity index (χ0n) is 10.2. The molecule has 0 saturated heterocycles. The minimum Gasteiger partial charge on any atom is -0.334 e. The number of hydrogen-bond donors (Lipinski definition) is 0. The van der Waals surface area contributed by atoms with Crippen molar-refractivity contribution in [2.45, 2.75) is 32.1 Å². The van der Waals surface area contributed by atoms with Gasteiger partial charge in [-0.25, -0.2) is 0 Å². The molecule has 1 aromatic carbocycles. The molecule has 17 heavy (non-hydrogen) atoms. The Bertz CT molecular complexity index is 497. The highest BCUT2D eigenvalue weighted by Gasteiger charge is 2.14. The first-order valence-electron chi connectivity index (χ1n) is 5.50. The smallest absolute Gasteiger partial charge is 0.257 e. The van der Waals surface area contributed by atoms with Crippen LogP contribution in [0.5, 0.6) is 0 Å². The molecule has 1 heterocycles. The highest BCUT2D eigenvalue weighted by atomic mass is 35.5. The lowest BCUT2D eigenvalue weighted by Crippen LogP contribution is -2.10. The van der Waals surface area contributed by atoms with Crippen LogP contribution in [0.4, 0.5) is 0 Å². The summed E-state index contributed by atoms with van der Waals surface area (Å²) >= 11 is 5.63. The van der Waals surface area contributed by atoms with E-state index in [1.165, 1.54) is 5.56 Å². The first-order valence-corrected chi connectivity index (χ1v) is 6.03. The van der Waals surface area contributed by atoms with E-state index < -0.39 is 0 Å². The molecule has 2 rings (SSSR count). The van der Waals surface area contributed by atoms with Crippen LogP contribution in [0.2, 0.25) is 0 Å². The SMILES string of the molecule is CC(C)(C)c1ccc(-c2nc(CCl)no2)cc1. The average Bonchev–Trinajstić information content (AvgIpc) is 2.76. The number of nitrogens with zero attached hydrogens (tertiary/aromatic N) is 2. The summed E-state index contributed by atoms with van der Waals surface area (Å²) < 4.78 is 5.12. The van der Waals surface area contributed by atoms with Crippen molar-refractivity contribution in [1.82, 2.24) is 10.1 Å². The zero-order valence-corrected chi connectivity index (χ0v) is 11.0. The van der Waals surface area contributed by atoms with Gasteiger partial charge >= 0.3 is 0 Å². The third kappa shape index (κ3) is 2.67. The fraction of sp³-hybridized carbons (Fsp3) is 0.385. The van der Waals surface area contributed by atoms with Crippen LogP contribution in [0.1, 0.15) is 32.2 Å². The molecule has 0 N–H and O–H groups in total. The van der Waals surface area contributed by atoms with Gasteiger partial charge in [-0.15, -0.1) is 11.6 Å². The Kier molecular flexibility index (Phi) is 3.20. The number of rotatable bonds is 2. The highest BCUT2D eigenvalue weighted by Crippen LogP contribution is 2.25. The van der Waals surface area contributed by atoms with Crippen LogP contribution in [-0.2, 0) is 11.3 Å². The molecule has 0 atom stereocenters. The van der Waals surface area contributed by atoms with Crippen molar-refractivity contribution in [1.29, 1.82) is 0 Å². The molecule has 0 fully saturated rings. The quantitative estimate of drug-likeness (QED) is 0.762. The van der Waals surface area contributed by atoms with Crippen molar-refractivity contribution in [3.05, 3.63) is 35.7 Å². The lowest BCUT2D eigenvalue weighted by atomic mass is 9.87. The van der Waals surface area contributed by atoms with Gasteiger partial charge in [-0.1, -0.05) is 38.1 Å². The third-order valence-electron chi connectivity index (χ3n) is 2.59. The maximum Gasteiger partial charge on any atom is 0.257 e. The summed E-state index contributed by atoms with van der Waals surface area (Å²) in [6.07, 6.45) is 0. The molecule has 0 spiro atoms. The zero-order chi connectivity index (χ0) is 12.5. The molecule has 0 radical (unpaired) electrons. The van der Waals surface area contributed by atoms with Crippen LogP contribution in [0, 0.1) is 0 Å². The number of aromatic nitrogens is 2. The fourth-order valence-electron chi connectivity index (χ4n) is 1.54. The number of hydrogen-bond acceptors (Lipinski definition) is 3. The topological polar surface area (TPSA) is 38.9 Å². The van der Waals surface area contributed by atoms with Crippen LogP contribution < -0.4 is 0 Å². The first-order chi connectivity index (χ1) is 8.00. The minimum absolute atomic E-state index is 0.147. The van der Waals surface area contributed by atoms with Crippen LogP contribution >= 0.6 is 11.6 Å². The Morgan fingerprint density at radius 3 is 2.29 bits per heavy atom. The summed E-state index contributed by atoms with van der Waals surface area (Å²) in [7, 11) is 0. The minimum atomic E-state index is 0.147. The summed E-state index contributed by atoms with van der Waals surface area (Å²) in [6.45, 7) is 6.54. The van der Waals surface area contributed by atoms with E-state index >= 15 is 0 Å². The molecule has 2 aromatic rings. The van der Waals surface area contributed by atoms with Crippen LogP contribution in [0.15, 0.2) is 28.8 Å². The second kappa shape index (κ2) is 4.49. The Morgan fingerprint density at radius 1 is 1.18 bits per heavy atom. The molecule has 0 aliphatic heterocycles. The van der Waals surface area contributed by atoms with E-state index in [-0.39, 0.29) is 11.3 Å². The Hall–Kier alpha value is -1.35. The maximum atomic E-state index is 5.63. The van der Waals surface area contributed by atoms with Gasteiger partial charge in [0.2, 0.25) is 0 Å². The van der Waals surface area contributed by atoms with Gasteiger partial charge in [-0.2, -0.15) is 4.98 Å². The van der Waals surface area contributed by atoms with Crippen molar-refractivity contribution < 1.29 is 4.52 Å². The molecule has 0 aliphatic rings. The van der Waals surface area contributed by atoms with Crippen LogP contribution in [-0.4, -0.2) is 10.1 Å². The Morgan fingerprint density at radius 2 is 1.82 bits per heavy atom. The van der Waals surface area contributed by atoms with Gasteiger partial charge in [0.25, 0.3) is 5.89 Å². The second-order valence-corrected chi connectivity index (χ2v) is 5.24. The standard InChI is InChI=1S/C13H15ClN2O/c1-13(2,3)10-6-4-9(5-7-10)12-15-11(8-14)16-17-12/h4-7H,8H2,1-3H3. The Labute approximate surface area is 106 Å². The summed E-state index contributed by atoms with van der Waals surface area (Å²) in [6, 6.07) is 8.15. The molecule has 1 aromatic heterocycles. The normalized spacial score (nSPS) is 11.8. The number of halogens is 1. The predicted molar refractivity (Wildman–Crippen MR) is 68.0 cm³/mol. The van der Waals surface area contributed by atoms with Gasteiger partial charge in [0, 0.05) is 5.56 Å². The van der Waals surface area contributed by atoms with Crippen LogP contribution in [0.25, 0.3) is 11.5 Å². The molecular weight excluding hydrogens is 236 g/mol. The van der Waals surface area contributed by atoms with E-state index in [2.05, 4.69) is 43.0 Å². The van der Waals surface area contributed by atoms with E-state index in [0.29, 0.717) is 11.7 Å². The summed E-state index contributed by atoms with van der Waals surface area (Å²) in [5.41, 5.74) is 2.34. The number of benzene rings is 1. The van der Waals surface area contributed by atoms with Crippen molar-refractivity contribution in [3.8, 4) is 11.5 Å². The average molecular weight is 251 g/mol. The first kappa shape index (κ1) is 12.1. The van der Waals surface area contributed by atoms with Gasteiger partial charge in [-0.05, 0) is 23.1 Å². The van der Waals surface area contributed by atoms with E-state index in [9.17, 15) is 0 Å². The molecule has 0 amide bonds. The van der Waals surface area contributed by atoms with Gasteiger partial charge in [0.05, 0.1) is 5.88 Å². The lowest BCUT2D eigenvalue weighted by molar-refractivity contribution is 0.425. The van der Waals surface area contributed by atoms with E-state index in [1.54, 1.807) is 0 Å². The van der Waals surface area contributed by atoms with Crippen molar-refractivity contribution in [2.75, 3.05) is 0 Å². The third-order valence-corrected chi connectivity index (χ3v) is 2.82. The molecule has 0 aliphatic carbocycles. The second-order valence-electron chi connectivity index (χ2n) is 4.98. The van der Waals surface area contributed by atoms with Gasteiger partial charge < -0.3 is 4.52 Å². The van der Waals surface area contributed by atoms with E-state index in [4.69, 9.17) is 16.1 Å². The lowest BCUT2D eigenvalue weighted by Gasteiger charge is -2.18. The molecular formula is C13H15ClN2O. The molecule has 90 valence electrons. The summed E-state index contributed by atoms with van der Waals surface area (Å²) in [5.74, 6) is 1.30. The highest BCUT2D eigenvalue weighted by molar-refractivity contribution is 6.16. The molecule has 3 nitrogen and oxygen atoms in total. The molecule has 0 bridgehead atoms. The number of alkyl halides is 1. The van der Waals surface area contributed by atoms with Crippen LogP contribution in [0.3, 0.4) is 0 Å². The predicted octanol–water partition coefficient (Wildman–Crippen LogP) is 3.77. The summed E-state index contributed by atoms with van der Waals surface area (Å²) in [4.78, 5) is 4.18. The van der Waals surface area contributed by atoms with E-state index in [1.807, 2.05) is 12.1 Å². The molecule has 0 saturated carbocycles. The maximum absolute atomic E-state index is 5.63. The fourth-order valence-corrected chi connectivity index (χ4v) is 1.65. The van der Waals surface area contributed by atoms with Gasteiger partial charge in [0.15, 0.2) is 5.82 Å². The van der Waals surface area contributed by atoms with Crippen molar-refractivity contribution in [3.63, 3.8) is 0 Å². The van der Waals surface area contributed by atoms with E-state index in [0.717, 1.165) is 5.56 Å². The largest absolute Gasteiger partial charge is 0.334 e. The Balaban J connectivity index is 2.29. The van der Waals surface area contributed by atoms with Crippen molar-refractivity contribution in [2.24, 2.45) is 0 Å². The van der Waals surface area contributed by atoms with Gasteiger partial charge in [0.1, 0.15) is 0 Å². The molecule has 4 heteroatoms. The monoisotopic (exact) mass is 250 g/mol. The molecule has 0 unspecified atom stereocenters. The summed E-state index contributed by atoms with van der Waals surface area (Å²) in [5, 5.41) is 3.76.